The molecule has 1 amide bonds. The molecule has 0 bridgehead atoms. The summed E-state index contributed by atoms with van der Waals surface area (Å²) in [5.41, 5.74) is 3.16. The zero-order valence-electron chi connectivity index (χ0n) is 19.6. The Bertz CT molecular complexity index is 1540. The lowest BCUT2D eigenvalue weighted by Crippen LogP contribution is -2.43. The van der Waals surface area contributed by atoms with Gasteiger partial charge in [0.15, 0.2) is 0 Å². The molecule has 1 aliphatic heterocycles. The van der Waals surface area contributed by atoms with Crippen molar-refractivity contribution in [2.45, 2.75) is 39.3 Å². The number of benzene rings is 2. The number of fused-ring (bicyclic) bond motifs is 3. The summed E-state index contributed by atoms with van der Waals surface area (Å²) < 4.78 is 9.98. The number of rotatable bonds is 5. The molecule has 0 aliphatic carbocycles. The molecule has 1 fully saturated rings. The van der Waals surface area contributed by atoms with Gasteiger partial charge in [-0.3, -0.25) is 14.2 Å². The van der Waals surface area contributed by atoms with Crippen molar-refractivity contribution in [1.29, 1.82) is 0 Å². The van der Waals surface area contributed by atoms with Gasteiger partial charge in [0, 0.05) is 25.6 Å². The number of aryl methyl sites for hydroxylation is 3. The fraction of sp³-hybridized carbons (Fsp3) is 0.346. The third-order valence-electron chi connectivity index (χ3n) is 6.54. The van der Waals surface area contributed by atoms with E-state index in [-0.39, 0.29) is 18.6 Å². The molecule has 1 saturated heterocycles. The Morgan fingerprint density at radius 3 is 2.62 bits per heavy atom. The number of hydrogen-bond donors (Lipinski definition) is 1. The molecule has 0 radical (unpaired) electrons. The quantitative estimate of drug-likeness (QED) is 0.496. The van der Waals surface area contributed by atoms with Crippen LogP contribution in [0.1, 0.15) is 24.0 Å². The number of carbonyl (C=O) groups is 1. The van der Waals surface area contributed by atoms with E-state index in [4.69, 9.17) is 4.74 Å². The summed E-state index contributed by atoms with van der Waals surface area (Å²) in [6, 6.07) is 13.1. The molecule has 8 heteroatoms. The van der Waals surface area contributed by atoms with E-state index in [0.717, 1.165) is 39.4 Å². The maximum atomic E-state index is 13.8. The lowest BCUT2D eigenvalue weighted by atomic mass is 10.1. The molecule has 1 aliphatic rings. The summed E-state index contributed by atoms with van der Waals surface area (Å²) in [7, 11) is 1.81. The van der Waals surface area contributed by atoms with E-state index in [2.05, 4.69) is 5.32 Å². The van der Waals surface area contributed by atoms with Crippen molar-refractivity contribution in [3.63, 3.8) is 0 Å². The molecular weight excluding hydrogens is 432 g/mol. The number of aromatic nitrogens is 3. The highest BCUT2D eigenvalue weighted by molar-refractivity contribution is 6.06. The van der Waals surface area contributed by atoms with Crippen molar-refractivity contribution < 1.29 is 9.53 Å². The topological polar surface area (TPSA) is 87.3 Å². The minimum Gasteiger partial charge on any atom is -0.376 e. The van der Waals surface area contributed by atoms with Crippen molar-refractivity contribution in [2.24, 2.45) is 7.05 Å². The predicted molar refractivity (Wildman–Crippen MR) is 132 cm³/mol. The van der Waals surface area contributed by atoms with Gasteiger partial charge in [0.2, 0.25) is 5.91 Å². The van der Waals surface area contributed by atoms with Crippen LogP contribution in [0.25, 0.3) is 27.6 Å². The van der Waals surface area contributed by atoms with E-state index in [9.17, 15) is 14.4 Å². The van der Waals surface area contributed by atoms with Crippen molar-refractivity contribution in [2.75, 3.05) is 13.2 Å². The van der Waals surface area contributed by atoms with Gasteiger partial charge in [-0.1, -0.05) is 23.8 Å². The Hall–Kier alpha value is -3.65. The van der Waals surface area contributed by atoms with E-state index in [0.29, 0.717) is 29.9 Å². The first-order valence-corrected chi connectivity index (χ1v) is 11.5. The fourth-order valence-corrected chi connectivity index (χ4v) is 4.84. The van der Waals surface area contributed by atoms with Gasteiger partial charge in [0.25, 0.3) is 5.56 Å². The van der Waals surface area contributed by atoms with Gasteiger partial charge in [-0.05, 0) is 56.5 Å². The van der Waals surface area contributed by atoms with Gasteiger partial charge in [0.1, 0.15) is 12.1 Å². The Labute approximate surface area is 196 Å². The SMILES string of the molecule is Cc1cccc(-n2c(=O)c3c(c4cc(C)ccc4n3C)n(CC(=O)NC[C@@H]3CCCO3)c2=O)c1. The van der Waals surface area contributed by atoms with Crippen LogP contribution in [0.4, 0.5) is 0 Å². The molecule has 0 unspecified atom stereocenters. The van der Waals surface area contributed by atoms with Crippen molar-refractivity contribution in [3.8, 4) is 5.69 Å². The molecule has 1 atom stereocenters. The van der Waals surface area contributed by atoms with Crippen molar-refractivity contribution in [3.05, 3.63) is 74.4 Å². The second kappa shape index (κ2) is 8.61. The summed E-state index contributed by atoms with van der Waals surface area (Å²) in [5, 5.41) is 3.67. The fourth-order valence-electron chi connectivity index (χ4n) is 4.84. The summed E-state index contributed by atoms with van der Waals surface area (Å²) in [4.78, 5) is 40.4. The van der Waals surface area contributed by atoms with E-state index in [1.165, 1.54) is 4.57 Å². The average Bonchev–Trinajstić information content (AvgIpc) is 3.42. The normalized spacial score (nSPS) is 15.9. The second-order valence-corrected chi connectivity index (χ2v) is 9.06. The van der Waals surface area contributed by atoms with Crippen LogP contribution >= 0.6 is 0 Å². The third-order valence-corrected chi connectivity index (χ3v) is 6.54. The largest absolute Gasteiger partial charge is 0.376 e. The summed E-state index contributed by atoms with van der Waals surface area (Å²) in [5.74, 6) is -0.294. The monoisotopic (exact) mass is 460 g/mol. The molecule has 3 heterocycles. The number of amides is 1. The van der Waals surface area contributed by atoms with Crippen LogP contribution in [0, 0.1) is 13.8 Å². The lowest BCUT2D eigenvalue weighted by molar-refractivity contribution is -0.122. The molecule has 2 aromatic carbocycles. The molecule has 0 saturated carbocycles. The Morgan fingerprint density at radius 2 is 1.88 bits per heavy atom. The van der Waals surface area contributed by atoms with Crippen molar-refractivity contribution in [1.82, 2.24) is 19.0 Å². The van der Waals surface area contributed by atoms with E-state index < -0.39 is 11.2 Å². The molecular formula is C26H28N4O4. The third kappa shape index (κ3) is 3.74. The molecule has 4 aromatic rings. The molecule has 1 N–H and O–H groups in total. The van der Waals surface area contributed by atoms with E-state index in [1.54, 1.807) is 16.7 Å². The smallest absolute Gasteiger partial charge is 0.336 e. The maximum Gasteiger partial charge on any atom is 0.336 e. The first-order valence-electron chi connectivity index (χ1n) is 11.5. The summed E-state index contributed by atoms with van der Waals surface area (Å²) in [6.45, 7) is 4.79. The number of hydrogen-bond acceptors (Lipinski definition) is 4. The number of nitrogens with one attached hydrogen (secondary N) is 1. The highest BCUT2D eigenvalue weighted by Crippen LogP contribution is 2.26. The van der Waals surface area contributed by atoms with Crippen LogP contribution in [0.5, 0.6) is 0 Å². The predicted octanol–water partition coefficient (Wildman–Crippen LogP) is 2.56. The maximum absolute atomic E-state index is 13.8. The Kier molecular flexibility index (Phi) is 5.61. The minimum atomic E-state index is -0.538. The first-order chi connectivity index (χ1) is 16.3. The van der Waals surface area contributed by atoms with Crippen LogP contribution in [-0.4, -0.2) is 38.9 Å². The molecule has 2 aromatic heterocycles. The van der Waals surface area contributed by atoms with Crippen LogP contribution in [0.15, 0.2) is 52.1 Å². The molecule has 176 valence electrons. The number of carbonyl (C=O) groups excluding carboxylic acids is 1. The standard InChI is InChI=1S/C26H28N4O4/c1-16-6-4-7-18(12-16)30-25(32)24-23(20-13-17(2)9-10-21(20)28(24)3)29(26(30)33)15-22(31)27-14-19-8-5-11-34-19/h4,6-7,9-10,12-13,19H,5,8,11,14-15H2,1-3H3,(H,27,31)/t19-/m0/s1. The van der Waals surface area contributed by atoms with Gasteiger partial charge in [-0.15, -0.1) is 0 Å². The molecule has 34 heavy (non-hydrogen) atoms. The highest BCUT2D eigenvalue weighted by Gasteiger charge is 2.23. The van der Waals surface area contributed by atoms with Gasteiger partial charge in [-0.2, -0.15) is 0 Å². The zero-order valence-corrected chi connectivity index (χ0v) is 19.6. The van der Waals surface area contributed by atoms with E-state index >= 15 is 0 Å². The van der Waals surface area contributed by atoms with Crippen LogP contribution in [0.2, 0.25) is 0 Å². The highest BCUT2D eigenvalue weighted by atomic mass is 16.5. The second-order valence-electron chi connectivity index (χ2n) is 9.06. The van der Waals surface area contributed by atoms with Crippen LogP contribution in [-0.2, 0) is 23.1 Å². The Morgan fingerprint density at radius 1 is 1.09 bits per heavy atom. The van der Waals surface area contributed by atoms with Crippen molar-refractivity contribution >= 4 is 27.8 Å². The average molecular weight is 461 g/mol. The van der Waals surface area contributed by atoms with Crippen LogP contribution < -0.4 is 16.6 Å². The summed E-state index contributed by atoms with van der Waals surface area (Å²) >= 11 is 0. The first kappa shape index (κ1) is 22.2. The van der Waals surface area contributed by atoms with Gasteiger partial charge < -0.3 is 14.6 Å². The molecule has 8 nitrogen and oxygen atoms in total. The lowest BCUT2D eigenvalue weighted by Gasteiger charge is -2.15. The van der Waals surface area contributed by atoms with Gasteiger partial charge in [-0.25, -0.2) is 9.36 Å². The summed E-state index contributed by atoms with van der Waals surface area (Å²) in [6.07, 6.45) is 1.89. The van der Waals surface area contributed by atoms with Gasteiger partial charge >= 0.3 is 5.69 Å². The van der Waals surface area contributed by atoms with Crippen LogP contribution in [0.3, 0.4) is 0 Å². The van der Waals surface area contributed by atoms with Gasteiger partial charge in [0.05, 0.1) is 22.8 Å². The van der Waals surface area contributed by atoms with E-state index in [1.807, 2.05) is 51.2 Å². The minimum absolute atomic E-state index is 0.00198. The zero-order chi connectivity index (χ0) is 24.0. The number of nitrogens with zero attached hydrogens (tertiary/aromatic N) is 3. The Balaban J connectivity index is 1.73. The number of ether oxygens (including phenoxy) is 1. The molecule has 0 spiro atoms. The molecule has 5 rings (SSSR count).